The smallest absolute Gasteiger partial charge is 0.0797 e. The van der Waals surface area contributed by atoms with Gasteiger partial charge in [0.2, 0.25) is 0 Å². The molecule has 0 bridgehead atoms. The molecule has 0 fully saturated rings. The highest BCUT2D eigenvalue weighted by Crippen LogP contribution is 2.23. The average Bonchev–Trinajstić information content (AvgIpc) is 2.41. The van der Waals surface area contributed by atoms with Crippen LogP contribution in [-0.2, 0) is 0 Å². The molecule has 124 valence electrons. The zero-order chi connectivity index (χ0) is 17.2. The third kappa shape index (κ3) is 7.56. The van der Waals surface area contributed by atoms with Crippen LogP contribution in [0.15, 0.2) is 52.1 Å². The van der Waals surface area contributed by atoms with Crippen molar-refractivity contribution >= 4 is 5.71 Å². The monoisotopic (exact) mass is 302 g/mol. The van der Waals surface area contributed by atoms with E-state index in [1.54, 1.807) is 0 Å². The fourth-order valence-electron chi connectivity index (χ4n) is 2.44. The number of aliphatic imine (C=N–C) groups is 1. The molecule has 2 nitrogen and oxygen atoms in total. The van der Waals surface area contributed by atoms with E-state index in [2.05, 4.69) is 84.2 Å². The van der Waals surface area contributed by atoms with Gasteiger partial charge in [-0.05, 0) is 73.1 Å². The van der Waals surface area contributed by atoms with Gasteiger partial charge in [0.15, 0.2) is 0 Å². The van der Waals surface area contributed by atoms with E-state index in [0.717, 1.165) is 18.7 Å². The van der Waals surface area contributed by atoms with Crippen LogP contribution >= 0.6 is 0 Å². The average molecular weight is 303 g/mol. The van der Waals surface area contributed by atoms with Crippen molar-refractivity contribution in [3.63, 3.8) is 0 Å². The van der Waals surface area contributed by atoms with E-state index in [-0.39, 0.29) is 5.54 Å². The Morgan fingerprint density at radius 3 is 2.18 bits per heavy atom. The lowest BCUT2D eigenvalue weighted by Crippen LogP contribution is -2.25. The van der Waals surface area contributed by atoms with Gasteiger partial charge in [-0.2, -0.15) is 0 Å². The fourth-order valence-corrected chi connectivity index (χ4v) is 2.44. The molecule has 0 radical (unpaired) electrons. The summed E-state index contributed by atoms with van der Waals surface area (Å²) in [5, 5.41) is 3.15. The molecule has 0 aromatic heterocycles. The van der Waals surface area contributed by atoms with Crippen LogP contribution in [0, 0.1) is 0 Å². The SMILES string of the molecule is CC=CC(C/C=C\C(=C/C)C(C)(C)N=C(C)CNC)=C(C)C. The van der Waals surface area contributed by atoms with Gasteiger partial charge < -0.3 is 5.32 Å². The molecule has 0 aliphatic rings. The van der Waals surface area contributed by atoms with Crippen LogP contribution in [0.5, 0.6) is 0 Å². The first-order chi connectivity index (χ1) is 10.3. The van der Waals surface area contributed by atoms with E-state index in [4.69, 9.17) is 4.99 Å². The van der Waals surface area contributed by atoms with E-state index in [1.807, 2.05) is 7.05 Å². The van der Waals surface area contributed by atoms with Gasteiger partial charge in [-0.3, -0.25) is 4.99 Å². The van der Waals surface area contributed by atoms with Gasteiger partial charge in [-0.25, -0.2) is 0 Å². The van der Waals surface area contributed by atoms with Crippen molar-refractivity contribution in [1.82, 2.24) is 5.32 Å². The second-order valence-electron chi connectivity index (χ2n) is 6.31. The van der Waals surface area contributed by atoms with Crippen LogP contribution < -0.4 is 5.32 Å². The Morgan fingerprint density at radius 1 is 1.09 bits per heavy atom. The number of hydrogen-bond donors (Lipinski definition) is 1. The Labute approximate surface area is 137 Å². The fraction of sp³-hybridized carbons (Fsp3) is 0.550. The van der Waals surface area contributed by atoms with Gasteiger partial charge in [0.1, 0.15) is 0 Å². The minimum absolute atomic E-state index is 0.197. The highest BCUT2D eigenvalue weighted by molar-refractivity contribution is 5.84. The van der Waals surface area contributed by atoms with Gasteiger partial charge in [-0.1, -0.05) is 36.0 Å². The number of rotatable bonds is 8. The molecule has 0 rings (SSSR count). The van der Waals surface area contributed by atoms with Crippen molar-refractivity contribution in [3.8, 4) is 0 Å². The Balaban J connectivity index is 5.11. The Morgan fingerprint density at radius 2 is 1.73 bits per heavy atom. The Hall–Kier alpha value is -1.41. The summed E-state index contributed by atoms with van der Waals surface area (Å²) in [5.41, 5.74) is 4.92. The molecular formula is C20H34N2. The molecule has 0 atom stereocenters. The van der Waals surface area contributed by atoms with E-state index >= 15 is 0 Å². The molecule has 0 saturated heterocycles. The van der Waals surface area contributed by atoms with Crippen LogP contribution in [0.1, 0.15) is 54.9 Å². The maximum Gasteiger partial charge on any atom is 0.0797 e. The molecule has 0 aliphatic heterocycles. The zero-order valence-electron chi connectivity index (χ0n) is 15.7. The maximum atomic E-state index is 4.85. The summed E-state index contributed by atoms with van der Waals surface area (Å²) in [6, 6.07) is 0. The molecular weight excluding hydrogens is 268 g/mol. The minimum Gasteiger partial charge on any atom is -0.315 e. The van der Waals surface area contributed by atoms with Gasteiger partial charge in [0, 0.05) is 12.3 Å². The van der Waals surface area contributed by atoms with Gasteiger partial charge in [0.25, 0.3) is 0 Å². The summed E-state index contributed by atoms with van der Waals surface area (Å²) in [6.45, 7) is 15.7. The lowest BCUT2D eigenvalue weighted by molar-refractivity contribution is 0.624. The van der Waals surface area contributed by atoms with Crippen LogP contribution in [-0.4, -0.2) is 24.8 Å². The highest BCUT2D eigenvalue weighted by Gasteiger charge is 2.19. The molecule has 2 heteroatoms. The second kappa shape index (κ2) is 10.3. The van der Waals surface area contributed by atoms with Crippen molar-refractivity contribution in [2.75, 3.05) is 13.6 Å². The molecule has 1 N–H and O–H groups in total. The number of nitrogens with one attached hydrogen (secondary N) is 1. The van der Waals surface area contributed by atoms with Gasteiger partial charge >= 0.3 is 0 Å². The van der Waals surface area contributed by atoms with Gasteiger partial charge in [0.05, 0.1) is 5.54 Å². The molecule has 0 amide bonds. The van der Waals surface area contributed by atoms with Crippen LogP contribution in [0.4, 0.5) is 0 Å². The van der Waals surface area contributed by atoms with Crippen molar-refractivity contribution in [1.29, 1.82) is 0 Å². The molecule has 0 unspecified atom stereocenters. The summed E-state index contributed by atoms with van der Waals surface area (Å²) in [6.07, 6.45) is 11.9. The first-order valence-electron chi connectivity index (χ1n) is 8.10. The zero-order valence-corrected chi connectivity index (χ0v) is 15.7. The molecule has 0 heterocycles. The predicted molar refractivity (Wildman–Crippen MR) is 102 cm³/mol. The summed E-state index contributed by atoms with van der Waals surface area (Å²) in [7, 11) is 1.95. The molecule has 22 heavy (non-hydrogen) atoms. The summed E-state index contributed by atoms with van der Waals surface area (Å²) in [5.74, 6) is 0. The third-order valence-corrected chi connectivity index (χ3v) is 3.57. The number of hydrogen-bond acceptors (Lipinski definition) is 2. The molecule has 0 aliphatic carbocycles. The third-order valence-electron chi connectivity index (χ3n) is 3.57. The number of nitrogens with zero attached hydrogens (tertiary/aromatic N) is 1. The topological polar surface area (TPSA) is 24.4 Å². The Bertz CT molecular complexity index is 482. The van der Waals surface area contributed by atoms with Crippen molar-refractivity contribution in [2.24, 2.45) is 4.99 Å². The lowest BCUT2D eigenvalue weighted by atomic mass is 9.93. The van der Waals surface area contributed by atoms with Crippen LogP contribution in [0.3, 0.4) is 0 Å². The predicted octanol–water partition coefficient (Wildman–Crippen LogP) is 5.25. The van der Waals surface area contributed by atoms with Crippen LogP contribution in [0.2, 0.25) is 0 Å². The molecule has 0 aromatic rings. The second-order valence-corrected chi connectivity index (χ2v) is 6.31. The molecule has 0 spiro atoms. The summed E-state index contributed by atoms with van der Waals surface area (Å²) < 4.78 is 0. The largest absolute Gasteiger partial charge is 0.315 e. The first-order valence-corrected chi connectivity index (χ1v) is 8.10. The van der Waals surface area contributed by atoms with E-state index in [1.165, 1.54) is 16.7 Å². The minimum atomic E-state index is -0.197. The maximum absolute atomic E-state index is 4.85. The standard InChI is InChI=1S/C20H34N2/c1-9-12-18(16(3)4)13-11-14-19(10-2)20(6,7)22-17(5)15-21-8/h9-12,14,21H,13,15H2,1-8H3/b12-9?,14-11-,19-10+,22-17?. The Kier molecular flexibility index (Phi) is 9.68. The van der Waals surface area contributed by atoms with Crippen molar-refractivity contribution in [2.45, 2.75) is 60.4 Å². The van der Waals surface area contributed by atoms with Gasteiger partial charge in [-0.15, -0.1) is 0 Å². The van der Waals surface area contributed by atoms with E-state index in [0.29, 0.717) is 0 Å². The van der Waals surface area contributed by atoms with Crippen LogP contribution in [0.25, 0.3) is 0 Å². The van der Waals surface area contributed by atoms with E-state index < -0.39 is 0 Å². The number of allylic oxidation sites excluding steroid dienone is 6. The van der Waals surface area contributed by atoms with E-state index in [9.17, 15) is 0 Å². The van der Waals surface area contributed by atoms with Crippen molar-refractivity contribution < 1.29 is 0 Å². The molecule has 0 saturated carbocycles. The normalized spacial score (nSPS) is 14.2. The quantitative estimate of drug-likeness (QED) is 0.480. The molecule has 0 aromatic carbocycles. The first kappa shape index (κ1) is 20.6. The lowest BCUT2D eigenvalue weighted by Gasteiger charge is -2.23. The summed E-state index contributed by atoms with van der Waals surface area (Å²) >= 11 is 0. The summed E-state index contributed by atoms with van der Waals surface area (Å²) in [4.78, 5) is 4.85. The highest BCUT2D eigenvalue weighted by atomic mass is 14.9. The van der Waals surface area contributed by atoms with Crippen molar-refractivity contribution in [3.05, 3.63) is 47.1 Å².